The van der Waals surface area contributed by atoms with Crippen molar-refractivity contribution in [2.45, 2.75) is 19.6 Å². The Labute approximate surface area is 163 Å². The van der Waals surface area contributed by atoms with Crippen molar-refractivity contribution in [3.05, 3.63) is 65.0 Å². The quantitative estimate of drug-likeness (QED) is 0.644. The van der Waals surface area contributed by atoms with Crippen LogP contribution in [0, 0.1) is 6.92 Å². The summed E-state index contributed by atoms with van der Waals surface area (Å²) in [6.45, 7) is 3.88. The molecular formula is C21H21ClN2O3. The third-order valence-electron chi connectivity index (χ3n) is 4.49. The molecule has 6 heteroatoms. The van der Waals surface area contributed by atoms with Crippen LogP contribution in [-0.2, 0) is 6.54 Å². The van der Waals surface area contributed by atoms with E-state index in [2.05, 4.69) is 9.88 Å². The number of fused-ring (bicyclic) bond motifs is 1. The maximum Gasteiger partial charge on any atom is 0.226 e. The predicted molar refractivity (Wildman–Crippen MR) is 104 cm³/mol. The molecule has 0 spiro atoms. The molecule has 27 heavy (non-hydrogen) atoms. The molecule has 0 fully saturated rings. The van der Waals surface area contributed by atoms with E-state index in [1.165, 1.54) is 0 Å². The van der Waals surface area contributed by atoms with Gasteiger partial charge in [0.1, 0.15) is 18.5 Å². The highest BCUT2D eigenvalue weighted by molar-refractivity contribution is 6.30. The van der Waals surface area contributed by atoms with Crippen LogP contribution in [0.25, 0.3) is 11.5 Å². The standard InChI is InChI=1S/C21H21ClN2O3/c1-14-18(23-21(26-14)15-7-9-16(22)10-8-15)12-24(2)11-17-13-25-19-5-3-4-6-20(19)27-17/h3-10,17H,11-13H2,1-2H3/t17-/m0/s1. The van der Waals surface area contributed by atoms with Gasteiger partial charge in [0.25, 0.3) is 0 Å². The Kier molecular flexibility index (Phi) is 5.05. The smallest absolute Gasteiger partial charge is 0.226 e. The van der Waals surface area contributed by atoms with Crippen LogP contribution in [0.2, 0.25) is 5.02 Å². The molecule has 1 aliphatic heterocycles. The normalized spacial score (nSPS) is 15.9. The van der Waals surface area contributed by atoms with E-state index in [1.54, 1.807) is 0 Å². The van der Waals surface area contributed by atoms with Crippen molar-refractivity contribution < 1.29 is 13.9 Å². The van der Waals surface area contributed by atoms with Gasteiger partial charge in [0.05, 0.1) is 5.69 Å². The van der Waals surface area contributed by atoms with E-state index >= 15 is 0 Å². The Bertz CT molecular complexity index is 923. The number of para-hydroxylation sites is 2. The fourth-order valence-electron chi connectivity index (χ4n) is 3.11. The first-order chi connectivity index (χ1) is 13.1. The minimum absolute atomic E-state index is 0.0205. The fraction of sp³-hybridized carbons (Fsp3) is 0.286. The van der Waals surface area contributed by atoms with Crippen molar-refractivity contribution in [1.82, 2.24) is 9.88 Å². The van der Waals surface area contributed by atoms with E-state index < -0.39 is 0 Å². The van der Waals surface area contributed by atoms with E-state index in [4.69, 9.17) is 25.5 Å². The molecule has 1 aliphatic rings. The van der Waals surface area contributed by atoms with Gasteiger partial charge in [-0.1, -0.05) is 23.7 Å². The van der Waals surface area contributed by atoms with Gasteiger partial charge in [-0.2, -0.15) is 0 Å². The van der Waals surface area contributed by atoms with Gasteiger partial charge in [-0.15, -0.1) is 0 Å². The van der Waals surface area contributed by atoms with Gasteiger partial charge in [-0.3, -0.25) is 4.90 Å². The van der Waals surface area contributed by atoms with Gasteiger partial charge in [-0.25, -0.2) is 4.98 Å². The van der Waals surface area contributed by atoms with Gasteiger partial charge in [0.2, 0.25) is 5.89 Å². The number of hydrogen-bond acceptors (Lipinski definition) is 5. The molecule has 2 aromatic carbocycles. The highest BCUT2D eigenvalue weighted by Crippen LogP contribution is 2.31. The molecule has 4 rings (SSSR count). The Morgan fingerprint density at radius 2 is 1.85 bits per heavy atom. The molecule has 1 aromatic heterocycles. The fourth-order valence-corrected chi connectivity index (χ4v) is 3.24. The minimum Gasteiger partial charge on any atom is -0.486 e. The maximum absolute atomic E-state index is 6.03. The van der Waals surface area contributed by atoms with Crippen LogP contribution >= 0.6 is 11.6 Å². The number of oxazole rings is 1. The molecule has 0 aliphatic carbocycles. The molecule has 1 atom stereocenters. The summed E-state index contributed by atoms with van der Waals surface area (Å²) in [5.41, 5.74) is 1.83. The van der Waals surface area contributed by atoms with Crippen LogP contribution in [0.1, 0.15) is 11.5 Å². The summed E-state index contributed by atoms with van der Waals surface area (Å²) < 4.78 is 17.7. The number of benzene rings is 2. The molecule has 0 saturated heterocycles. The zero-order valence-electron chi connectivity index (χ0n) is 15.3. The van der Waals surface area contributed by atoms with Crippen molar-refractivity contribution >= 4 is 11.6 Å². The lowest BCUT2D eigenvalue weighted by Crippen LogP contribution is -2.39. The van der Waals surface area contributed by atoms with Gasteiger partial charge >= 0.3 is 0 Å². The second-order valence-corrected chi connectivity index (χ2v) is 7.16. The molecular weight excluding hydrogens is 364 g/mol. The van der Waals surface area contributed by atoms with Crippen molar-refractivity contribution in [2.75, 3.05) is 20.2 Å². The van der Waals surface area contributed by atoms with Crippen LogP contribution < -0.4 is 9.47 Å². The molecule has 0 radical (unpaired) electrons. The third-order valence-corrected chi connectivity index (χ3v) is 4.74. The largest absolute Gasteiger partial charge is 0.486 e. The summed E-state index contributed by atoms with van der Waals surface area (Å²) in [6, 6.07) is 15.2. The monoisotopic (exact) mass is 384 g/mol. The lowest BCUT2D eigenvalue weighted by atomic mass is 10.2. The van der Waals surface area contributed by atoms with Crippen LogP contribution in [-0.4, -0.2) is 36.2 Å². The van der Waals surface area contributed by atoms with Gasteiger partial charge < -0.3 is 13.9 Å². The van der Waals surface area contributed by atoms with Gasteiger partial charge in [-0.05, 0) is 50.4 Å². The highest BCUT2D eigenvalue weighted by Gasteiger charge is 2.23. The number of hydrogen-bond donors (Lipinski definition) is 0. The average Bonchev–Trinajstić information content (AvgIpc) is 3.02. The van der Waals surface area contributed by atoms with Crippen molar-refractivity contribution in [3.8, 4) is 23.0 Å². The number of ether oxygens (including phenoxy) is 2. The zero-order chi connectivity index (χ0) is 18.8. The molecule has 0 bridgehead atoms. The van der Waals surface area contributed by atoms with E-state index in [1.807, 2.05) is 62.5 Å². The first-order valence-electron chi connectivity index (χ1n) is 8.88. The minimum atomic E-state index is -0.0205. The molecule has 0 N–H and O–H groups in total. The predicted octanol–water partition coefficient (Wildman–Crippen LogP) is 4.58. The van der Waals surface area contributed by atoms with Crippen molar-refractivity contribution in [3.63, 3.8) is 0 Å². The zero-order valence-corrected chi connectivity index (χ0v) is 16.1. The number of nitrogens with zero attached hydrogens (tertiary/aromatic N) is 2. The summed E-state index contributed by atoms with van der Waals surface area (Å²) in [5.74, 6) is 3.03. The number of rotatable bonds is 5. The SMILES string of the molecule is Cc1oc(-c2ccc(Cl)cc2)nc1CN(C)C[C@H]1COc2ccccc2O1. The molecule has 2 heterocycles. The summed E-state index contributed by atoms with van der Waals surface area (Å²) in [4.78, 5) is 6.82. The summed E-state index contributed by atoms with van der Waals surface area (Å²) in [6.07, 6.45) is -0.0205. The third kappa shape index (κ3) is 4.10. The molecule has 3 aromatic rings. The van der Waals surface area contributed by atoms with E-state index in [0.29, 0.717) is 24.1 Å². The van der Waals surface area contributed by atoms with Crippen LogP contribution in [0.5, 0.6) is 11.5 Å². The number of aryl methyl sites for hydroxylation is 1. The first kappa shape index (κ1) is 17.9. The van der Waals surface area contributed by atoms with Crippen LogP contribution in [0.4, 0.5) is 0 Å². The maximum atomic E-state index is 6.03. The average molecular weight is 385 g/mol. The molecule has 0 unspecified atom stereocenters. The van der Waals surface area contributed by atoms with Crippen LogP contribution in [0.15, 0.2) is 52.9 Å². The van der Waals surface area contributed by atoms with Gasteiger partial charge in [0, 0.05) is 23.7 Å². The van der Waals surface area contributed by atoms with E-state index in [-0.39, 0.29) is 6.10 Å². The summed E-state index contributed by atoms with van der Waals surface area (Å²) >= 11 is 5.95. The lowest BCUT2D eigenvalue weighted by molar-refractivity contribution is 0.0634. The lowest BCUT2D eigenvalue weighted by Gasteiger charge is -2.29. The van der Waals surface area contributed by atoms with Gasteiger partial charge in [0.15, 0.2) is 11.5 Å². The highest BCUT2D eigenvalue weighted by atomic mass is 35.5. The second-order valence-electron chi connectivity index (χ2n) is 6.72. The van der Waals surface area contributed by atoms with E-state index in [0.717, 1.165) is 35.1 Å². The molecule has 0 saturated carbocycles. The number of aromatic nitrogens is 1. The molecule has 140 valence electrons. The Morgan fingerprint density at radius 1 is 1.11 bits per heavy atom. The summed E-state index contributed by atoms with van der Waals surface area (Å²) in [5, 5.41) is 0.693. The second kappa shape index (κ2) is 7.62. The Balaban J connectivity index is 1.40. The Hall–Kier alpha value is -2.50. The van der Waals surface area contributed by atoms with Crippen LogP contribution in [0.3, 0.4) is 0 Å². The van der Waals surface area contributed by atoms with Crippen molar-refractivity contribution in [1.29, 1.82) is 0 Å². The van der Waals surface area contributed by atoms with E-state index in [9.17, 15) is 0 Å². The Morgan fingerprint density at radius 3 is 2.63 bits per heavy atom. The summed E-state index contributed by atoms with van der Waals surface area (Å²) in [7, 11) is 2.04. The molecule has 5 nitrogen and oxygen atoms in total. The number of likely N-dealkylation sites (N-methyl/N-ethyl adjacent to an activating group) is 1. The van der Waals surface area contributed by atoms with Crippen molar-refractivity contribution in [2.24, 2.45) is 0 Å². The molecule has 0 amide bonds. The number of halogens is 1. The topological polar surface area (TPSA) is 47.7 Å². The first-order valence-corrected chi connectivity index (χ1v) is 9.25.